The van der Waals surface area contributed by atoms with Crippen LogP contribution < -0.4 is 0 Å². The van der Waals surface area contributed by atoms with E-state index >= 15 is 0 Å². The zero-order chi connectivity index (χ0) is 21.5. The molecule has 3 heterocycles. The summed E-state index contributed by atoms with van der Waals surface area (Å²) in [6, 6.07) is 0. The Morgan fingerprint density at radius 3 is 2.23 bits per heavy atom. The number of imidazole rings is 1. The van der Waals surface area contributed by atoms with Crippen molar-refractivity contribution < 1.29 is 14.3 Å². The number of hydrogen-bond acceptors (Lipinski definition) is 6. The maximum absolute atomic E-state index is 12.7. The van der Waals surface area contributed by atoms with Gasteiger partial charge < -0.3 is 19.1 Å². The number of nitrogens with zero attached hydrogens (tertiary/aromatic N) is 6. The molecule has 9 heteroatoms. The largest absolute Gasteiger partial charge is 0.450 e. The molecule has 0 N–H and O–H groups in total. The second kappa shape index (κ2) is 10.8. The lowest BCUT2D eigenvalue weighted by molar-refractivity contribution is -0.134. The molecule has 9 nitrogen and oxygen atoms in total. The van der Waals surface area contributed by atoms with Crippen LogP contribution in [-0.2, 0) is 16.1 Å². The Morgan fingerprint density at radius 2 is 1.60 bits per heavy atom. The highest BCUT2D eigenvalue weighted by Crippen LogP contribution is 2.12. The molecule has 0 bridgehead atoms. The van der Waals surface area contributed by atoms with Crippen molar-refractivity contribution in [1.29, 1.82) is 0 Å². The van der Waals surface area contributed by atoms with Crippen LogP contribution in [0, 0.1) is 0 Å². The van der Waals surface area contributed by atoms with E-state index in [4.69, 9.17) is 4.74 Å². The van der Waals surface area contributed by atoms with Gasteiger partial charge in [-0.05, 0) is 6.92 Å². The van der Waals surface area contributed by atoms with Crippen molar-refractivity contribution >= 4 is 12.0 Å². The van der Waals surface area contributed by atoms with E-state index in [0.717, 1.165) is 45.1 Å². The van der Waals surface area contributed by atoms with Gasteiger partial charge in [-0.25, -0.2) is 9.78 Å². The zero-order valence-corrected chi connectivity index (χ0v) is 18.6. The first-order chi connectivity index (χ1) is 14.5. The van der Waals surface area contributed by atoms with Crippen molar-refractivity contribution in [2.45, 2.75) is 33.2 Å². The van der Waals surface area contributed by atoms with E-state index in [1.165, 1.54) is 0 Å². The Labute approximate surface area is 179 Å². The van der Waals surface area contributed by atoms with Gasteiger partial charge in [0.1, 0.15) is 5.82 Å². The number of carbonyl (C=O) groups is 2. The molecule has 3 rings (SSSR count). The third-order valence-corrected chi connectivity index (χ3v) is 5.90. The van der Waals surface area contributed by atoms with Gasteiger partial charge >= 0.3 is 6.09 Å². The van der Waals surface area contributed by atoms with E-state index in [-0.39, 0.29) is 12.0 Å². The monoisotopic (exact) mass is 420 g/mol. The van der Waals surface area contributed by atoms with Gasteiger partial charge in [-0.15, -0.1) is 0 Å². The van der Waals surface area contributed by atoms with E-state index in [0.29, 0.717) is 45.2 Å². The molecule has 0 atom stereocenters. The molecule has 2 saturated heterocycles. The highest BCUT2D eigenvalue weighted by Gasteiger charge is 2.27. The Bertz CT molecular complexity index is 691. The normalized spacial score (nSPS) is 18.8. The van der Waals surface area contributed by atoms with Gasteiger partial charge in [-0.3, -0.25) is 14.6 Å². The highest BCUT2D eigenvalue weighted by molar-refractivity contribution is 5.78. The van der Waals surface area contributed by atoms with Crippen LogP contribution in [0.2, 0.25) is 0 Å². The Hall–Kier alpha value is -2.13. The number of hydrogen-bond donors (Lipinski definition) is 0. The SMILES string of the molecule is CCOC(=O)N1CCN(C(=O)CN2CCN(CCn3ccnc3C(C)C)CC2)CC1. The fourth-order valence-corrected chi connectivity index (χ4v) is 4.08. The van der Waals surface area contributed by atoms with E-state index < -0.39 is 0 Å². The summed E-state index contributed by atoms with van der Waals surface area (Å²) in [6.07, 6.45) is 3.66. The van der Waals surface area contributed by atoms with E-state index in [9.17, 15) is 9.59 Å². The molecule has 0 spiro atoms. The number of piperazine rings is 2. The topological polar surface area (TPSA) is 74.2 Å². The Morgan fingerprint density at radius 1 is 0.967 bits per heavy atom. The maximum Gasteiger partial charge on any atom is 0.409 e. The van der Waals surface area contributed by atoms with Crippen molar-refractivity contribution in [2.75, 3.05) is 72.1 Å². The van der Waals surface area contributed by atoms with Crippen molar-refractivity contribution in [3.63, 3.8) is 0 Å². The van der Waals surface area contributed by atoms with Gasteiger partial charge in [-0.2, -0.15) is 0 Å². The van der Waals surface area contributed by atoms with Crippen LogP contribution >= 0.6 is 0 Å². The summed E-state index contributed by atoms with van der Waals surface area (Å²) in [5.74, 6) is 1.73. The standard InChI is InChI=1S/C21H36N6O3/c1-4-30-21(29)27-15-13-25(14-16-27)19(28)17-24-9-7-23(8-10-24)11-12-26-6-5-22-20(26)18(2)3/h5-6,18H,4,7-17H2,1-3H3. The maximum atomic E-state index is 12.7. The van der Waals surface area contributed by atoms with Crippen LogP contribution in [0.3, 0.4) is 0 Å². The van der Waals surface area contributed by atoms with E-state index in [2.05, 4.69) is 39.4 Å². The number of ether oxygens (including phenoxy) is 1. The molecule has 30 heavy (non-hydrogen) atoms. The van der Waals surface area contributed by atoms with E-state index in [1.807, 2.05) is 11.1 Å². The lowest BCUT2D eigenvalue weighted by Gasteiger charge is -2.37. The lowest BCUT2D eigenvalue weighted by atomic mass is 10.2. The summed E-state index contributed by atoms with van der Waals surface area (Å²) in [5, 5.41) is 0. The molecule has 2 amide bonds. The molecule has 168 valence electrons. The third kappa shape index (κ3) is 5.95. The second-order valence-corrected chi connectivity index (χ2v) is 8.32. The van der Waals surface area contributed by atoms with Gasteiger partial charge in [0.15, 0.2) is 0 Å². The fraction of sp³-hybridized carbons (Fsp3) is 0.762. The minimum absolute atomic E-state index is 0.159. The van der Waals surface area contributed by atoms with Gasteiger partial charge in [0.25, 0.3) is 0 Å². The zero-order valence-electron chi connectivity index (χ0n) is 18.6. The highest BCUT2D eigenvalue weighted by atomic mass is 16.6. The van der Waals surface area contributed by atoms with Gasteiger partial charge in [0.2, 0.25) is 5.91 Å². The van der Waals surface area contributed by atoms with Gasteiger partial charge in [0.05, 0.1) is 13.2 Å². The minimum Gasteiger partial charge on any atom is -0.450 e. The molecular formula is C21H36N6O3. The molecule has 2 fully saturated rings. The van der Waals surface area contributed by atoms with Gasteiger partial charge in [-0.1, -0.05) is 13.8 Å². The molecule has 0 unspecified atom stereocenters. The minimum atomic E-state index is -0.281. The molecule has 1 aromatic rings. The van der Waals surface area contributed by atoms with Crippen molar-refractivity contribution in [3.05, 3.63) is 18.2 Å². The van der Waals surface area contributed by atoms with Crippen molar-refractivity contribution in [3.8, 4) is 0 Å². The van der Waals surface area contributed by atoms with Crippen LogP contribution in [0.4, 0.5) is 4.79 Å². The molecule has 0 aliphatic carbocycles. The van der Waals surface area contributed by atoms with Crippen LogP contribution in [0.25, 0.3) is 0 Å². The number of amides is 2. The number of rotatable bonds is 7. The Balaban J connectivity index is 1.35. The van der Waals surface area contributed by atoms with Crippen LogP contribution in [0.1, 0.15) is 32.5 Å². The molecule has 0 radical (unpaired) electrons. The van der Waals surface area contributed by atoms with Crippen LogP contribution in [0.15, 0.2) is 12.4 Å². The fourth-order valence-electron chi connectivity index (χ4n) is 4.08. The van der Waals surface area contributed by atoms with Gasteiger partial charge in [0, 0.05) is 83.8 Å². The lowest BCUT2D eigenvalue weighted by Crippen LogP contribution is -2.54. The van der Waals surface area contributed by atoms with Crippen molar-refractivity contribution in [2.24, 2.45) is 0 Å². The third-order valence-electron chi connectivity index (χ3n) is 5.90. The molecule has 2 aliphatic rings. The van der Waals surface area contributed by atoms with Crippen molar-refractivity contribution in [1.82, 2.24) is 29.2 Å². The predicted octanol–water partition coefficient (Wildman–Crippen LogP) is 0.925. The summed E-state index contributed by atoms with van der Waals surface area (Å²) < 4.78 is 7.28. The smallest absolute Gasteiger partial charge is 0.409 e. The summed E-state index contributed by atoms with van der Waals surface area (Å²) in [6.45, 7) is 15.0. The number of aromatic nitrogens is 2. The van der Waals surface area contributed by atoms with Crippen LogP contribution in [-0.4, -0.2) is 113 Å². The number of carbonyl (C=O) groups excluding carboxylic acids is 2. The molecule has 1 aromatic heterocycles. The molecule has 2 aliphatic heterocycles. The average Bonchev–Trinajstić information content (AvgIpc) is 3.22. The first kappa shape index (κ1) is 22.6. The van der Waals surface area contributed by atoms with E-state index in [1.54, 1.807) is 11.8 Å². The first-order valence-electron chi connectivity index (χ1n) is 11.1. The molecular weight excluding hydrogens is 384 g/mol. The Kier molecular flexibility index (Phi) is 8.09. The quantitative estimate of drug-likeness (QED) is 0.653. The summed E-state index contributed by atoms with van der Waals surface area (Å²) in [5.41, 5.74) is 0. The van der Waals surface area contributed by atoms with Crippen LogP contribution in [0.5, 0.6) is 0 Å². The molecule has 0 aromatic carbocycles. The summed E-state index contributed by atoms with van der Waals surface area (Å²) in [7, 11) is 0. The summed E-state index contributed by atoms with van der Waals surface area (Å²) >= 11 is 0. The second-order valence-electron chi connectivity index (χ2n) is 8.32. The average molecular weight is 421 g/mol. The molecule has 0 saturated carbocycles. The predicted molar refractivity (Wildman–Crippen MR) is 114 cm³/mol. The summed E-state index contributed by atoms with van der Waals surface area (Å²) in [4.78, 5) is 37.2. The first-order valence-corrected chi connectivity index (χ1v) is 11.1.